The lowest BCUT2D eigenvalue weighted by atomic mass is 10.2. The van der Waals surface area contributed by atoms with Gasteiger partial charge >= 0.3 is 6.09 Å². The number of carbonyl (C=O) groups excluding carboxylic acids is 1. The summed E-state index contributed by atoms with van der Waals surface area (Å²) < 4.78 is 0. The Labute approximate surface area is 170 Å². The molecule has 148 valence electrons. The molecule has 0 saturated carbocycles. The minimum Gasteiger partial charge on any atom is -0.508 e. The Balaban J connectivity index is 1.43. The van der Waals surface area contributed by atoms with Crippen LogP contribution >= 0.6 is 0 Å². The van der Waals surface area contributed by atoms with Crippen LogP contribution in [0.1, 0.15) is 0 Å². The molecule has 1 aliphatic heterocycles. The lowest BCUT2D eigenvalue weighted by Crippen LogP contribution is -2.48. The second-order valence-corrected chi connectivity index (χ2v) is 6.80. The fraction of sp³-hybridized carbons (Fsp3) is 0.174. The quantitative estimate of drug-likeness (QED) is 0.717. The highest BCUT2D eigenvalue weighted by molar-refractivity contribution is 5.95. The van der Waals surface area contributed by atoms with Gasteiger partial charge in [-0.05, 0) is 48.5 Å². The summed E-state index contributed by atoms with van der Waals surface area (Å²) in [5, 5.41) is 11.2. The van der Waals surface area contributed by atoms with Gasteiger partial charge in [-0.1, -0.05) is 36.4 Å². The number of anilines is 3. The van der Waals surface area contributed by atoms with Gasteiger partial charge in [0.05, 0.1) is 24.5 Å². The molecule has 3 aromatic rings. The van der Waals surface area contributed by atoms with Crippen molar-refractivity contribution in [3.05, 3.63) is 84.9 Å². The molecule has 0 unspecified atom stereocenters. The van der Waals surface area contributed by atoms with Crippen LogP contribution in [0, 0.1) is 0 Å². The maximum absolute atomic E-state index is 13.0. The highest BCUT2D eigenvalue weighted by atomic mass is 16.7. The van der Waals surface area contributed by atoms with Crippen molar-refractivity contribution in [3.63, 3.8) is 0 Å². The van der Waals surface area contributed by atoms with Crippen molar-refractivity contribution in [2.24, 2.45) is 0 Å². The fourth-order valence-corrected chi connectivity index (χ4v) is 3.37. The molecule has 1 N–H and O–H groups in total. The number of carbonyl (C=O) groups is 1. The average Bonchev–Trinajstić information content (AvgIpc) is 2.77. The number of phenols is 1. The molecule has 4 rings (SSSR count). The number of para-hydroxylation sites is 2. The number of nitrogens with zero attached hydrogens (tertiary/aromatic N) is 3. The third-order valence-electron chi connectivity index (χ3n) is 4.87. The maximum atomic E-state index is 13.0. The van der Waals surface area contributed by atoms with Crippen molar-refractivity contribution in [1.82, 2.24) is 5.06 Å². The number of rotatable bonds is 4. The number of piperazine rings is 1. The van der Waals surface area contributed by atoms with Crippen LogP contribution in [0.5, 0.6) is 5.75 Å². The zero-order valence-electron chi connectivity index (χ0n) is 16.0. The van der Waals surface area contributed by atoms with Gasteiger partial charge in [0.1, 0.15) is 5.75 Å². The highest BCUT2D eigenvalue weighted by Gasteiger charge is 2.25. The lowest BCUT2D eigenvalue weighted by Gasteiger charge is -2.35. The summed E-state index contributed by atoms with van der Waals surface area (Å²) >= 11 is 0. The van der Waals surface area contributed by atoms with Gasteiger partial charge in [0.15, 0.2) is 0 Å². The highest BCUT2D eigenvalue weighted by Crippen LogP contribution is 2.26. The summed E-state index contributed by atoms with van der Waals surface area (Å²) in [4.78, 5) is 22.5. The molecule has 0 aromatic heterocycles. The van der Waals surface area contributed by atoms with E-state index < -0.39 is 6.09 Å². The SMILES string of the molecule is O=C(ON1CCN(c2ccc(O)cc2)CC1)N(c1ccccc1)c1ccccc1. The number of benzene rings is 3. The normalized spacial score (nSPS) is 14.4. The molecule has 3 aromatic carbocycles. The Kier molecular flexibility index (Phi) is 5.63. The van der Waals surface area contributed by atoms with E-state index in [1.807, 2.05) is 72.8 Å². The van der Waals surface area contributed by atoms with Crippen LogP contribution < -0.4 is 9.80 Å². The largest absolute Gasteiger partial charge is 0.508 e. The first-order valence-corrected chi connectivity index (χ1v) is 9.62. The third kappa shape index (κ3) is 4.50. The number of amides is 1. The molecule has 0 atom stereocenters. The molecule has 0 aliphatic carbocycles. The van der Waals surface area contributed by atoms with Crippen LogP contribution in [0.4, 0.5) is 21.9 Å². The number of hydroxylamine groups is 2. The van der Waals surface area contributed by atoms with Gasteiger partial charge in [0.25, 0.3) is 0 Å². The standard InChI is InChI=1S/C23H23N3O3/c27-22-13-11-19(12-14-22)24-15-17-25(18-16-24)29-23(28)26(20-7-3-1-4-8-20)21-9-5-2-6-10-21/h1-14,27H,15-18H2. The summed E-state index contributed by atoms with van der Waals surface area (Å²) in [6, 6.07) is 26.1. The van der Waals surface area contributed by atoms with Gasteiger partial charge < -0.3 is 14.8 Å². The molecule has 0 bridgehead atoms. The summed E-state index contributed by atoms with van der Waals surface area (Å²) in [5.74, 6) is 0.253. The van der Waals surface area contributed by atoms with Gasteiger partial charge in [-0.3, -0.25) is 0 Å². The van der Waals surface area contributed by atoms with Crippen LogP contribution in [0.3, 0.4) is 0 Å². The van der Waals surface area contributed by atoms with Gasteiger partial charge in [-0.15, -0.1) is 5.06 Å². The number of aromatic hydroxyl groups is 1. The third-order valence-corrected chi connectivity index (χ3v) is 4.87. The van der Waals surface area contributed by atoms with E-state index in [1.54, 1.807) is 22.1 Å². The lowest BCUT2D eigenvalue weighted by molar-refractivity contribution is -0.0985. The van der Waals surface area contributed by atoms with Crippen LogP contribution in [0.25, 0.3) is 0 Å². The van der Waals surface area contributed by atoms with E-state index in [0.29, 0.717) is 13.1 Å². The molecule has 0 spiro atoms. The molecule has 1 amide bonds. The molecular weight excluding hydrogens is 366 g/mol. The molecule has 1 fully saturated rings. The molecular formula is C23H23N3O3. The van der Waals surface area contributed by atoms with E-state index >= 15 is 0 Å². The molecule has 1 saturated heterocycles. The van der Waals surface area contributed by atoms with E-state index in [2.05, 4.69) is 4.90 Å². The Morgan fingerprint density at radius 1 is 0.759 bits per heavy atom. The van der Waals surface area contributed by atoms with Crippen LogP contribution in [-0.4, -0.2) is 42.4 Å². The average molecular weight is 389 g/mol. The number of phenolic OH excluding ortho intramolecular Hbond substituents is 1. The second kappa shape index (κ2) is 8.67. The molecule has 6 nitrogen and oxygen atoms in total. The van der Waals surface area contributed by atoms with E-state index in [-0.39, 0.29) is 5.75 Å². The minimum atomic E-state index is -0.430. The van der Waals surface area contributed by atoms with Crippen LogP contribution in [-0.2, 0) is 4.84 Å². The summed E-state index contributed by atoms with van der Waals surface area (Å²) in [5.41, 5.74) is 2.56. The molecule has 1 aliphatic rings. The number of hydrogen-bond acceptors (Lipinski definition) is 5. The smallest absolute Gasteiger partial charge is 0.438 e. The summed E-state index contributed by atoms with van der Waals surface area (Å²) in [7, 11) is 0. The van der Waals surface area contributed by atoms with Crippen molar-refractivity contribution in [2.45, 2.75) is 0 Å². The molecule has 29 heavy (non-hydrogen) atoms. The minimum absolute atomic E-state index is 0.253. The van der Waals surface area contributed by atoms with Gasteiger partial charge in [-0.2, -0.15) is 0 Å². The Bertz CT molecular complexity index is 885. The number of hydrogen-bond donors (Lipinski definition) is 1. The van der Waals surface area contributed by atoms with Crippen molar-refractivity contribution in [3.8, 4) is 5.75 Å². The van der Waals surface area contributed by atoms with Crippen molar-refractivity contribution < 1.29 is 14.7 Å². The fourth-order valence-electron chi connectivity index (χ4n) is 3.37. The first-order chi connectivity index (χ1) is 14.2. The van der Waals surface area contributed by atoms with Crippen molar-refractivity contribution >= 4 is 23.2 Å². The second-order valence-electron chi connectivity index (χ2n) is 6.80. The van der Waals surface area contributed by atoms with Gasteiger partial charge in [0.2, 0.25) is 0 Å². The van der Waals surface area contributed by atoms with Crippen molar-refractivity contribution in [1.29, 1.82) is 0 Å². The van der Waals surface area contributed by atoms with Gasteiger partial charge in [0, 0.05) is 18.8 Å². The van der Waals surface area contributed by atoms with Gasteiger partial charge in [-0.25, -0.2) is 9.69 Å². The predicted molar refractivity (Wildman–Crippen MR) is 113 cm³/mol. The van der Waals surface area contributed by atoms with Crippen LogP contribution in [0.2, 0.25) is 0 Å². The Morgan fingerprint density at radius 2 is 1.28 bits per heavy atom. The van der Waals surface area contributed by atoms with Crippen LogP contribution in [0.15, 0.2) is 84.9 Å². The van der Waals surface area contributed by atoms with E-state index in [1.165, 1.54) is 0 Å². The maximum Gasteiger partial charge on any atom is 0.438 e. The van der Waals surface area contributed by atoms with E-state index in [4.69, 9.17) is 4.84 Å². The zero-order valence-corrected chi connectivity index (χ0v) is 16.0. The summed E-state index contributed by atoms with van der Waals surface area (Å²) in [6.45, 7) is 2.66. The predicted octanol–water partition coefficient (Wildman–Crippen LogP) is 4.40. The molecule has 0 radical (unpaired) electrons. The van der Waals surface area contributed by atoms with E-state index in [9.17, 15) is 9.90 Å². The topological polar surface area (TPSA) is 56.3 Å². The zero-order chi connectivity index (χ0) is 20.1. The first-order valence-electron chi connectivity index (χ1n) is 9.62. The summed E-state index contributed by atoms with van der Waals surface area (Å²) in [6.07, 6.45) is -0.430. The first kappa shape index (κ1) is 18.8. The Hall–Kier alpha value is -3.51. The Morgan fingerprint density at radius 3 is 1.79 bits per heavy atom. The molecule has 6 heteroatoms. The molecule has 1 heterocycles. The van der Waals surface area contributed by atoms with Crippen molar-refractivity contribution in [2.75, 3.05) is 36.0 Å². The van der Waals surface area contributed by atoms with E-state index in [0.717, 1.165) is 30.2 Å². The monoisotopic (exact) mass is 389 g/mol.